The zero-order valence-corrected chi connectivity index (χ0v) is 15.2. The van der Waals surface area contributed by atoms with Crippen molar-refractivity contribution in [1.82, 2.24) is 4.98 Å². The summed E-state index contributed by atoms with van der Waals surface area (Å²) in [6.07, 6.45) is 1.48. The second-order valence-corrected chi connectivity index (χ2v) is 6.94. The number of nitro benzene ring substituents is 1. The van der Waals surface area contributed by atoms with Gasteiger partial charge in [0, 0.05) is 11.1 Å². The normalized spacial score (nSPS) is 11.3. The predicted molar refractivity (Wildman–Crippen MR) is 107 cm³/mol. The van der Waals surface area contributed by atoms with Crippen LogP contribution in [-0.4, -0.2) is 16.1 Å². The van der Waals surface area contributed by atoms with Gasteiger partial charge in [-0.25, -0.2) is 4.98 Å². The molecule has 0 saturated heterocycles. The number of hydrogen-bond acceptors (Lipinski definition) is 7. The van der Waals surface area contributed by atoms with E-state index in [0.29, 0.717) is 27.2 Å². The monoisotopic (exact) mass is 398 g/mol. The molecule has 4 rings (SSSR count). The lowest BCUT2D eigenvalue weighted by molar-refractivity contribution is -0.384. The first kappa shape index (κ1) is 17.2. The Kier molecular flexibility index (Phi) is 4.57. The van der Waals surface area contributed by atoms with E-state index >= 15 is 0 Å². The van der Waals surface area contributed by atoms with Crippen molar-refractivity contribution in [2.45, 2.75) is 0 Å². The van der Waals surface area contributed by atoms with Crippen molar-refractivity contribution in [2.24, 2.45) is 5.10 Å². The third kappa shape index (κ3) is 3.67. The molecule has 0 unspecified atom stereocenters. The fourth-order valence-corrected chi connectivity index (χ4v) is 3.48. The lowest BCUT2D eigenvalue weighted by Gasteiger charge is -2.00. The minimum atomic E-state index is -0.494. The van der Waals surface area contributed by atoms with Crippen LogP contribution in [0.2, 0.25) is 5.02 Å². The molecule has 0 aliphatic rings. The number of fused-ring (bicyclic) bond motifs is 1. The topological polar surface area (TPSA) is 93.6 Å². The molecule has 0 saturated carbocycles. The zero-order chi connectivity index (χ0) is 18.8. The van der Waals surface area contributed by atoms with Gasteiger partial charge < -0.3 is 4.42 Å². The Morgan fingerprint density at radius 3 is 2.89 bits per heavy atom. The quantitative estimate of drug-likeness (QED) is 0.269. The number of nitro groups is 1. The van der Waals surface area contributed by atoms with Crippen LogP contribution in [0.3, 0.4) is 0 Å². The van der Waals surface area contributed by atoms with Gasteiger partial charge in [-0.3, -0.25) is 15.5 Å². The van der Waals surface area contributed by atoms with Crippen LogP contribution >= 0.6 is 22.9 Å². The van der Waals surface area contributed by atoms with Crippen LogP contribution in [0.4, 0.5) is 10.8 Å². The van der Waals surface area contributed by atoms with E-state index in [0.717, 1.165) is 10.2 Å². The summed E-state index contributed by atoms with van der Waals surface area (Å²) >= 11 is 7.33. The molecule has 0 aliphatic heterocycles. The van der Waals surface area contributed by atoms with Crippen molar-refractivity contribution in [3.05, 3.63) is 75.5 Å². The molecule has 0 radical (unpaired) electrons. The number of nitrogens with one attached hydrogen (secondary N) is 1. The van der Waals surface area contributed by atoms with Crippen LogP contribution in [0, 0.1) is 10.1 Å². The molecule has 0 aliphatic carbocycles. The Balaban J connectivity index is 1.53. The van der Waals surface area contributed by atoms with Gasteiger partial charge >= 0.3 is 0 Å². The molecule has 1 N–H and O–H groups in total. The van der Waals surface area contributed by atoms with Crippen molar-refractivity contribution in [3.63, 3.8) is 0 Å². The van der Waals surface area contributed by atoms with Gasteiger partial charge in [-0.15, -0.1) is 0 Å². The first-order chi connectivity index (χ1) is 13.1. The number of furan rings is 1. The number of anilines is 1. The minimum absolute atomic E-state index is 0.118. The summed E-state index contributed by atoms with van der Waals surface area (Å²) in [5.41, 5.74) is 3.99. The molecule has 0 spiro atoms. The number of para-hydroxylation sites is 1. The maximum atomic E-state index is 11.2. The lowest BCUT2D eigenvalue weighted by atomic mass is 10.1. The predicted octanol–water partition coefficient (Wildman–Crippen LogP) is 5.56. The Bertz CT molecular complexity index is 1140. The standard InChI is InChI=1S/C18H11ClN4O3S/c19-11-5-7-13(15(9-11)23(24)25)16-8-6-12(26-16)10-20-22-18-21-14-3-1-2-4-17(14)27-18/h1-10H,(H,21,22)/b20-10+. The summed E-state index contributed by atoms with van der Waals surface area (Å²) in [7, 11) is 0. The Labute approximate surface area is 162 Å². The maximum absolute atomic E-state index is 11.2. The van der Waals surface area contributed by atoms with Crippen molar-refractivity contribution in [1.29, 1.82) is 0 Å². The largest absolute Gasteiger partial charge is 0.455 e. The Morgan fingerprint density at radius 2 is 2.07 bits per heavy atom. The zero-order valence-electron chi connectivity index (χ0n) is 13.6. The van der Waals surface area contributed by atoms with Crippen LogP contribution in [0.15, 0.2) is 64.1 Å². The van der Waals surface area contributed by atoms with E-state index in [1.165, 1.54) is 23.6 Å². The maximum Gasteiger partial charge on any atom is 0.281 e. The molecule has 0 bridgehead atoms. The van der Waals surface area contributed by atoms with Crippen LogP contribution in [0.25, 0.3) is 21.5 Å². The van der Waals surface area contributed by atoms with Gasteiger partial charge in [0.15, 0.2) is 0 Å². The summed E-state index contributed by atoms with van der Waals surface area (Å²) in [5, 5.41) is 16.3. The average Bonchev–Trinajstić information content (AvgIpc) is 3.28. The number of hydrazone groups is 1. The van der Waals surface area contributed by atoms with E-state index < -0.39 is 4.92 Å². The second kappa shape index (κ2) is 7.18. The third-order valence-electron chi connectivity index (χ3n) is 3.69. The molecule has 4 aromatic rings. The van der Waals surface area contributed by atoms with Crippen molar-refractivity contribution in [2.75, 3.05) is 5.43 Å². The molecular formula is C18H11ClN4O3S. The molecule has 2 heterocycles. The summed E-state index contributed by atoms with van der Waals surface area (Å²) < 4.78 is 6.70. The summed E-state index contributed by atoms with van der Waals surface area (Å²) in [4.78, 5) is 15.1. The summed E-state index contributed by atoms with van der Waals surface area (Å²) in [6.45, 7) is 0. The number of hydrogen-bond donors (Lipinski definition) is 1. The third-order valence-corrected chi connectivity index (χ3v) is 4.87. The highest BCUT2D eigenvalue weighted by Gasteiger charge is 2.18. The Morgan fingerprint density at radius 1 is 1.22 bits per heavy atom. The molecule has 134 valence electrons. The van der Waals surface area contributed by atoms with Crippen LogP contribution in [-0.2, 0) is 0 Å². The minimum Gasteiger partial charge on any atom is -0.455 e. The molecule has 27 heavy (non-hydrogen) atoms. The van der Waals surface area contributed by atoms with E-state index in [9.17, 15) is 10.1 Å². The first-order valence-corrected chi connectivity index (χ1v) is 8.98. The SMILES string of the molecule is O=[N+]([O-])c1cc(Cl)ccc1-c1ccc(/C=N/Nc2nc3ccccc3s2)o1. The molecule has 0 atom stereocenters. The molecular weight excluding hydrogens is 388 g/mol. The summed E-state index contributed by atoms with van der Waals surface area (Å²) in [5.74, 6) is 0.808. The van der Waals surface area contributed by atoms with E-state index in [2.05, 4.69) is 15.5 Å². The average molecular weight is 399 g/mol. The smallest absolute Gasteiger partial charge is 0.281 e. The lowest BCUT2D eigenvalue weighted by Crippen LogP contribution is -1.91. The summed E-state index contributed by atoms with van der Waals surface area (Å²) in [6, 6.07) is 15.5. The van der Waals surface area contributed by atoms with Crippen LogP contribution in [0.1, 0.15) is 5.76 Å². The highest BCUT2D eigenvalue weighted by atomic mass is 35.5. The molecule has 7 nitrogen and oxygen atoms in total. The Hall–Kier alpha value is -3.23. The molecule has 0 fully saturated rings. The molecule has 9 heteroatoms. The number of nitrogens with zero attached hydrogens (tertiary/aromatic N) is 3. The van der Waals surface area contributed by atoms with Gasteiger partial charge in [-0.1, -0.05) is 35.1 Å². The molecule has 0 amide bonds. The van der Waals surface area contributed by atoms with Gasteiger partial charge in [0.2, 0.25) is 5.13 Å². The number of benzene rings is 2. The fourth-order valence-electron chi connectivity index (χ4n) is 2.50. The van der Waals surface area contributed by atoms with Crippen molar-refractivity contribution < 1.29 is 9.34 Å². The van der Waals surface area contributed by atoms with Crippen LogP contribution in [0.5, 0.6) is 0 Å². The van der Waals surface area contributed by atoms with Gasteiger partial charge in [-0.2, -0.15) is 5.10 Å². The molecule has 2 aromatic carbocycles. The van der Waals surface area contributed by atoms with E-state index in [-0.39, 0.29) is 5.69 Å². The first-order valence-electron chi connectivity index (χ1n) is 7.79. The van der Waals surface area contributed by atoms with Gasteiger partial charge in [0.05, 0.1) is 26.9 Å². The van der Waals surface area contributed by atoms with Crippen molar-refractivity contribution >= 4 is 50.2 Å². The van der Waals surface area contributed by atoms with Gasteiger partial charge in [0.25, 0.3) is 5.69 Å². The van der Waals surface area contributed by atoms with E-state index in [1.54, 1.807) is 24.3 Å². The van der Waals surface area contributed by atoms with Gasteiger partial charge in [-0.05, 0) is 36.4 Å². The van der Waals surface area contributed by atoms with E-state index in [4.69, 9.17) is 16.0 Å². The molecule has 2 aromatic heterocycles. The highest BCUT2D eigenvalue weighted by Crippen LogP contribution is 2.33. The number of rotatable bonds is 5. The van der Waals surface area contributed by atoms with Crippen molar-refractivity contribution in [3.8, 4) is 11.3 Å². The van der Waals surface area contributed by atoms with Crippen LogP contribution < -0.4 is 5.43 Å². The fraction of sp³-hybridized carbons (Fsp3) is 0. The number of halogens is 1. The number of aromatic nitrogens is 1. The van der Waals surface area contributed by atoms with Gasteiger partial charge in [0.1, 0.15) is 11.5 Å². The number of thiazole rings is 1. The second-order valence-electron chi connectivity index (χ2n) is 5.48. The highest BCUT2D eigenvalue weighted by molar-refractivity contribution is 7.22. The van der Waals surface area contributed by atoms with E-state index in [1.807, 2.05) is 24.3 Å².